The molecule has 19 heavy (non-hydrogen) atoms. The maximum Gasteiger partial charge on any atom is 0.131 e. The molecule has 2 N–H and O–H groups in total. The van der Waals surface area contributed by atoms with Gasteiger partial charge in [-0.1, -0.05) is 55.9 Å². The van der Waals surface area contributed by atoms with Crippen LogP contribution in [0, 0.1) is 11.5 Å². The monoisotopic (exact) mass is 277 g/mol. The van der Waals surface area contributed by atoms with E-state index >= 15 is 0 Å². The minimum absolute atomic E-state index is 0.226. The van der Waals surface area contributed by atoms with Crippen LogP contribution in [0.4, 0.5) is 0 Å². The highest BCUT2D eigenvalue weighted by molar-refractivity contribution is 6.83. The van der Waals surface area contributed by atoms with Crippen molar-refractivity contribution in [2.45, 2.75) is 38.2 Å². The van der Waals surface area contributed by atoms with Gasteiger partial charge in [0.25, 0.3) is 0 Å². The molecule has 0 heterocycles. The van der Waals surface area contributed by atoms with Crippen molar-refractivity contribution < 1.29 is 9.94 Å². The van der Waals surface area contributed by atoms with Crippen LogP contribution in [0.15, 0.2) is 30.3 Å². The van der Waals surface area contributed by atoms with Gasteiger partial charge in [0, 0.05) is 0 Å². The molecule has 0 bridgehead atoms. The fraction of sp³-hybridized carbons (Fsp3) is 0.467. The van der Waals surface area contributed by atoms with E-state index in [4.69, 9.17) is 4.84 Å². The maximum absolute atomic E-state index is 10.2. The molecule has 1 rings (SSSR count). The largest absolute Gasteiger partial charge is 0.379 e. The lowest BCUT2D eigenvalue weighted by atomic mass is 10.0. The van der Waals surface area contributed by atoms with Crippen LogP contribution in [0.3, 0.4) is 0 Å². The van der Waals surface area contributed by atoms with Gasteiger partial charge in [0.15, 0.2) is 0 Å². The molecule has 104 valence electrons. The minimum Gasteiger partial charge on any atom is -0.379 e. The van der Waals surface area contributed by atoms with Crippen LogP contribution in [0.5, 0.6) is 0 Å². The summed E-state index contributed by atoms with van der Waals surface area (Å²) in [5.41, 5.74) is 7.16. The summed E-state index contributed by atoms with van der Waals surface area (Å²) in [7, 11) is 0.0817. The second kappa shape index (κ2) is 7.46. The Kier molecular flexibility index (Phi) is 6.26. The van der Waals surface area contributed by atoms with E-state index in [-0.39, 0.29) is 6.04 Å². The molecule has 0 aliphatic carbocycles. The lowest BCUT2D eigenvalue weighted by Gasteiger charge is -2.20. The fourth-order valence-electron chi connectivity index (χ4n) is 1.63. The van der Waals surface area contributed by atoms with Crippen molar-refractivity contribution >= 4 is 8.07 Å². The van der Waals surface area contributed by atoms with Crippen molar-refractivity contribution in [1.82, 2.24) is 5.48 Å². The topological polar surface area (TPSA) is 41.5 Å². The molecule has 0 amide bonds. The van der Waals surface area contributed by atoms with Gasteiger partial charge in [-0.2, -0.15) is 5.48 Å². The third-order valence-corrected chi connectivity index (χ3v) is 3.44. The summed E-state index contributed by atoms with van der Waals surface area (Å²) in [6.07, 6.45) is -0.0529. The fourth-order valence-corrected chi connectivity index (χ4v) is 2.21. The molecule has 1 aromatic rings. The summed E-state index contributed by atoms with van der Waals surface area (Å²) in [6.45, 7) is 6.47. The highest BCUT2D eigenvalue weighted by atomic mass is 28.3. The number of hydroxylamine groups is 1. The Bertz CT molecular complexity index is 431. The van der Waals surface area contributed by atoms with Gasteiger partial charge in [0.05, 0.1) is 13.2 Å². The standard InChI is InChI=1S/C15H23NO2Si/c1-18-16-14(12-13-8-6-5-7-9-13)15(17)10-11-19(2,3)4/h5-9,14-17H,12H2,1-4H3. The molecule has 3 nitrogen and oxygen atoms in total. The highest BCUT2D eigenvalue weighted by Crippen LogP contribution is 2.07. The Balaban J connectivity index is 2.73. The van der Waals surface area contributed by atoms with Crippen LogP contribution in [-0.4, -0.2) is 32.4 Å². The zero-order valence-electron chi connectivity index (χ0n) is 12.1. The molecule has 0 aliphatic rings. The summed E-state index contributed by atoms with van der Waals surface area (Å²) < 4.78 is 0. The lowest BCUT2D eigenvalue weighted by Crippen LogP contribution is -2.40. The molecule has 0 spiro atoms. The van der Waals surface area contributed by atoms with Crippen molar-refractivity contribution in [3.05, 3.63) is 35.9 Å². The normalized spacial score (nSPS) is 14.4. The molecule has 0 aromatic heterocycles. The number of rotatable bonds is 5. The zero-order valence-corrected chi connectivity index (χ0v) is 13.1. The van der Waals surface area contributed by atoms with Gasteiger partial charge in [0.1, 0.15) is 14.2 Å². The van der Waals surface area contributed by atoms with E-state index in [0.717, 1.165) is 5.56 Å². The minimum atomic E-state index is -1.47. The molecule has 0 saturated heterocycles. The average Bonchev–Trinajstić information content (AvgIpc) is 2.36. The number of aliphatic hydroxyl groups is 1. The number of hydrogen-bond donors (Lipinski definition) is 2. The van der Waals surface area contributed by atoms with Crippen molar-refractivity contribution in [3.8, 4) is 11.5 Å². The quantitative estimate of drug-likeness (QED) is 0.491. The first-order chi connectivity index (χ1) is 8.92. The van der Waals surface area contributed by atoms with Gasteiger partial charge in [-0.15, -0.1) is 5.54 Å². The van der Waals surface area contributed by atoms with E-state index < -0.39 is 14.2 Å². The molecule has 0 fully saturated rings. The van der Waals surface area contributed by atoms with Gasteiger partial charge < -0.3 is 9.94 Å². The Morgan fingerprint density at radius 1 is 1.26 bits per heavy atom. The molecule has 2 atom stereocenters. The van der Waals surface area contributed by atoms with E-state index in [9.17, 15) is 5.11 Å². The summed E-state index contributed by atoms with van der Waals surface area (Å²) in [6, 6.07) is 9.78. The Labute approximate surface area is 117 Å². The molecule has 0 radical (unpaired) electrons. The molecule has 2 unspecified atom stereocenters. The Morgan fingerprint density at radius 2 is 1.89 bits per heavy atom. The molecular formula is C15H23NO2Si. The van der Waals surface area contributed by atoms with Gasteiger partial charge in [-0.3, -0.25) is 0 Å². The van der Waals surface area contributed by atoms with E-state index in [1.54, 1.807) is 7.11 Å². The summed E-state index contributed by atoms with van der Waals surface area (Å²) in [5, 5.41) is 10.2. The van der Waals surface area contributed by atoms with Crippen molar-refractivity contribution in [2.24, 2.45) is 0 Å². The predicted molar refractivity (Wildman–Crippen MR) is 81.2 cm³/mol. The van der Waals surface area contributed by atoms with E-state index in [1.165, 1.54) is 0 Å². The van der Waals surface area contributed by atoms with Crippen molar-refractivity contribution in [3.63, 3.8) is 0 Å². The maximum atomic E-state index is 10.2. The van der Waals surface area contributed by atoms with Gasteiger partial charge in [-0.05, 0) is 12.0 Å². The second-order valence-corrected chi connectivity index (χ2v) is 10.3. The predicted octanol–water partition coefficient (Wildman–Crippen LogP) is 1.99. The van der Waals surface area contributed by atoms with E-state index in [0.29, 0.717) is 6.42 Å². The SMILES string of the molecule is CONC(Cc1ccccc1)C(O)C#C[Si](C)(C)C. The summed E-state index contributed by atoms with van der Waals surface area (Å²) in [5.74, 6) is 2.95. The average molecular weight is 277 g/mol. The van der Waals surface area contributed by atoms with E-state index in [2.05, 4.69) is 36.6 Å². The molecule has 0 saturated carbocycles. The van der Waals surface area contributed by atoms with Gasteiger partial charge >= 0.3 is 0 Å². The summed E-state index contributed by atoms with van der Waals surface area (Å²) >= 11 is 0. The Morgan fingerprint density at radius 3 is 2.42 bits per heavy atom. The smallest absolute Gasteiger partial charge is 0.131 e. The van der Waals surface area contributed by atoms with Crippen LogP contribution >= 0.6 is 0 Å². The van der Waals surface area contributed by atoms with Gasteiger partial charge in [0.2, 0.25) is 0 Å². The number of nitrogens with one attached hydrogen (secondary N) is 1. The first kappa shape index (κ1) is 15.9. The number of benzene rings is 1. The molecule has 4 heteroatoms. The number of aliphatic hydroxyl groups excluding tert-OH is 1. The van der Waals surface area contributed by atoms with Crippen LogP contribution in [0.2, 0.25) is 19.6 Å². The van der Waals surface area contributed by atoms with Crippen LogP contribution in [0.25, 0.3) is 0 Å². The molecule has 0 aliphatic heterocycles. The van der Waals surface area contributed by atoms with E-state index in [1.807, 2.05) is 30.3 Å². The zero-order chi connectivity index (χ0) is 14.3. The first-order valence-electron chi connectivity index (χ1n) is 6.45. The molecule has 1 aromatic carbocycles. The Hall–Kier alpha value is -1.12. The highest BCUT2D eigenvalue weighted by Gasteiger charge is 2.18. The molecular weight excluding hydrogens is 254 g/mol. The second-order valence-electron chi connectivity index (χ2n) is 5.58. The van der Waals surface area contributed by atoms with Crippen LogP contribution < -0.4 is 5.48 Å². The third kappa shape index (κ3) is 6.55. The third-order valence-electron chi connectivity index (χ3n) is 2.54. The van der Waals surface area contributed by atoms with Crippen LogP contribution in [-0.2, 0) is 11.3 Å². The van der Waals surface area contributed by atoms with Crippen LogP contribution in [0.1, 0.15) is 5.56 Å². The van der Waals surface area contributed by atoms with Crippen molar-refractivity contribution in [1.29, 1.82) is 0 Å². The number of hydrogen-bond acceptors (Lipinski definition) is 3. The van der Waals surface area contributed by atoms with Crippen molar-refractivity contribution in [2.75, 3.05) is 7.11 Å². The first-order valence-corrected chi connectivity index (χ1v) is 9.95. The lowest BCUT2D eigenvalue weighted by molar-refractivity contribution is 0.0237. The van der Waals surface area contributed by atoms with Gasteiger partial charge in [-0.25, -0.2) is 0 Å². The summed E-state index contributed by atoms with van der Waals surface area (Å²) in [4.78, 5) is 4.96.